The highest BCUT2D eigenvalue weighted by Gasteiger charge is 2.10. The van der Waals surface area contributed by atoms with Crippen LogP contribution >= 0.6 is 11.3 Å². The maximum atomic E-state index is 11.4. The van der Waals surface area contributed by atoms with E-state index in [1.807, 2.05) is 24.4 Å². The van der Waals surface area contributed by atoms with Gasteiger partial charge in [0.2, 0.25) is 5.91 Å². The Morgan fingerprint density at radius 1 is 1.73 bits per heavy atom. The SMILES string of the molecule is C=CCNC(=O)C(C)NCc1cccs1. The zero-order valence-electron chi connectivity index (χ0n) is 8.82. The Balaban J connectivity index is 2.26. The lowest BCUT2D eigenvalue weighted by Crippen LogP contribution is -2.41. The summed E-state index contributed by atoms with van der Waals surface area (Å²) in [4.78, 5) is 12.7. The molecule has 1 heterocycles. The molecule has 0 fully saturated rings. The van der Waals surface area contributed by atoms with E-state index >= 15 is 0 Å². The van der Waals surface area contributed by atoms with E-state index in [0.29, 0.717) is 6.54 Å². The molecule has 1 aromatic rings. The summed E-state index contributed by atoms with van der Waals surface area (Å²) in [6, 6.07) is 3.88. The first-order chi connectivity index (χ1) is 7.24. The number of carbonyl (C=O) groups is 1. The number of rotatable bonds is 6. The van der Waals surface area contributed by atoms with E-state index in [4.69, 9.17) is 0 Å². The van der Waals surface area contributed by atoms with Crippen LogP contribution in [0.15, 0.2) is 30.2 Å². The van der Waals surface area contributed by atoms with Gasteiger partial charge in [-0.3, -0.25) is 4.79 Å². The fraction of sp³-hybridized carbons (Fsp3) is 0.364. The van der Waals surface area contributed by atoms with Gasteiger partial charge >= 0.3 is 0 Å². The minimum atomic E-state index is -0.174. The minimum Gasteiger partial charge on any atom is -0.351 e. The van der Waals surface area contributed by atoms with Crippen molar-refractivity contribution in [3.8, 4) is 0 Å². The van der Waals surface area contributed by atoms with Gasteiger partial charge in [-0.2, -0.15) is 0 Å². The molecular weight excluding hydrogens is 208 g/mol. The topological polar surface area (TPSA) is 41.1 Å². The average molecular weight is 224 g/mol. The summed E-state index contributed by atoms with van der Waals surface area (Å²) in [5.74, 6) is 0.00598. The third kappa shape index (κ3) is 4.27. The molecule has 0 aliphatic heterocycles. The summed E-state index contributed by atoms with van der Waals surface area (Å²) in [5.41, 5.74) is 0. The maximum absolute atomic E-state index is 11.4. The number of nitrogens with one attached hydrogen (secondary N) is 2. The molecule has 0 bridgehead atoms. The molecule has 0 aromatic carbocycles. The number of hydrogen-bond donors (Lipinski definition) is 2. The van der Waals surface area contributed by atoms with Crippen molar-refractivity contribution in [1.29, 1.82) is 0 Å². The van der Waals surface area contributed by atoms with Crippen LogP contribution in [0.2, 0.25) is 0 Å². The molecule has 3 nitrogen and oxygen atoms in total. The van der Waals surface area contributed by atoms with Gasteiger partial charge in [0.15, 0.2) is 0 Å². The third-order valence-electron chi connectivity index (χ3n) is 1.98. The second-order valence-corrected chi connectivity index (χ2v) is 4.25. The molecule has 0 aliphatic rings. The highest BCUT2D eigenvalue weighted by atomic mass is 32.1. The molecule has 1 rings (SSSR count). The molecule has 4 heteroatoms. The fourth-order valence-corrected chi connectivity index (χ4v) is 1.74. The largest absolute Gasteiger partial charge is 0.351 e. The smallest absolute Gasteiger partial charge is 0.237 e. The molecule has 0 saturated heterocycles. The molecule has 1 unspecified atom stereocenters. The summed E-state index contributed by atoms with van der Waals surface area (Å²) in [7, 11) is 0. The quantitative estimate of drug-likeness (QED) is 0.719. The van der Waals surface area contributed by atoms with E-state index in [1.54, 1.807) is 17.4 Å². The lowest BCUT2D eigenvalue weighted by Gasteiger charge is -2.12. The van der Waals surface area contributed by atoms with E-state index in [2.05, 4.69) is 17.2 Å². The summed E-state index contributed by atoms with van der Waals surface area (Å²) >= 11 is 1.68. The van der Waals surface area contributed by atoms with E-state index in [9.17, 15) is 4.79 Å². The summed E-state index contributed by atoms with van der Waals surface area (Å²) in [6.07, 6.45) is 1.67. The second kappa shape index (κ2) is 6.37. The van der Waals surface area contributed by atoms with Crippen LogP contribution in [-0.2, 0) is 11.3 Å². The number of carbonyl (C=O) groups excluding carboxylic acids is 1. The lowest BCUT2D eigenvalue weighted by atomic mass is 10.3. The number of hydrogen-bond acceptors (Lipinski definition) is 3. The van der Waals surface area contributed by atoms with Gasteiger partial charge < -0.3 is 10.6 Å². The van der Waals surface area contributed by atoms with Crippen molar-refractivity contribution in [3.05, 3.63) is 35.0 Å². The van der Waals surface area contributed by atoms with Crippen LogP contribution in [0.25, 0.3) is 0 Å². The molecule has 15 heavy (non-hydrogen) atoms. The summed E-state index contributed by atoms with van der Waals surface area (Å²) in [5, 5.41) is 7.93. The molecule has 2 N–H and O–H groups in total. The van der Waals surface area contributed by atoms with Gasteiger partial charge in [0.25, 0.3) is 0 Å². The molecule has 82 valence electrons. The van der Waals surface area contributed by atoms with Gasteiger partial charge in [-0.1, -0.05) is 12.1 Å². The highest BCUT2D eigenvalue weighted by Crippen LogP contribution is 2.07. The average Bonchev–Trinajstić information content (AvgIpc) is 2.75. The van der Waals surface area contributed by atoms with Crippen molar-refractivity contribution in [2.75, 3.05) is 6.54 Å². The molecule has 0 radical (unpaired) electrons. The first-order valence-corrected chi connectivity index (χ1v) is 5.76. The Labute approximate surface area is 94.2 Å². The van der Waals surface area contributed by atoms with E-state index < -0.39 is 0 Å². The van der Waals surface area contributed by atoms with Gasteiger partial charge in [-0.25, -0.2) is 0 Å². The molecule has 1 aromatic heterocycles. The van der Waals surface area contributed by atoms with E-state index in [1.165, 1.54) is 4.88 Å². The van der Waals surface area contributed by atoms with Crippen molar-refractivity contribution in [1.82, 2.24) is 10.6 Å². The first-order valence-electron chi connectivity index (χ1n) is 4.88. The van der Waals surface area contributed by atoms with Crippen LogP contribution in [0.5, 0.6) is 0 Å². The summed E-state index contributed by atoms with van der Waals surface area (Å²) in [6.45, 7) is 6.65. The molecular formula is C11H16N2OS. The van der Waals surface area contributed by atoms with Crippen LogP contribution in [-0.4, -0.2) is 18.5 Å². The zero-order valence-corrected chi connectivity index (χ0v) is 9.64. The molecule has 0 aliphatic carbocycles. The first kappa shape index (κ1) is 11.9. The van der Waals surface area contributed by atoms with Crippen LogP contribution in [0, 0.1) is 0 Å². The Bertz CT molecular complexity index is 308. The van der Waals surface area contributed by atoms with Crippen LogP contribution in [0.3, 0.4) is 0 Å². The summed E-state index contributed by atoms with van der Waals surface area (Å²) < 4.78 is 0. The second-order valence-electron chi connectivity index (χ2n) is 3.22. The molecule has 0 saturated carbocycles. The molecule has 0 spiro atoms. The standard InChI is InChI=1S/C11H16N2OS/c1-3-6-12-11(14)9(2)13-8-10-5-4-7-15-10/h3-5,7,9,13H,1,6,8H2,2H3,(H,12,14). The number of thiophene rings is 1. The van der Waals surface area contributed by atoms with Crippen molar-refractivity contribution < 1.29 is 4.79 Å². The van der Waals surface area contributed by atoms with Crippen LogP contribution in [0.1, 0.15) is 11.8 Å². The number of amides is 1. The molecule has 1 amide bonds. The van der Waals surface area contributed by atoms with Gasteiger partial charge in [0, 0.05) is 18.0 Å². The van der Waals surface area contributed by atoms with Crippen LogP contribution < -0.4 is 10.6 Å². The van der Waals surface area contributed by atoms with Crippen molar-refractivity contribution in [2.24, 2.45) is 0 Å². The van der Waals surface area contributed by atoms with Gasteiger partial charge in [0.1, 0.15) is 0 Å². The van der Waals surface area contributed by atoms with Crippen molar-refractivity contribution in [2.45, 2.75) is 19.5 Å². The van der Waals surface area contributed by atoms with Gasteiger partial charge in [0.05, 0.1) is 6.04 Å². The predicted octanol–water partition coefficient (Wildman–Crippen LogP) is 1.53. The minimum absolute atomic E-state index is 0.00598. The third-order valence-corrected chi connectivity index (χ3v) is 2.85. The fourth-order valence-electron chi connectivity index (χ4n) is 1.09. The van der Waals surface area contributed by atoms with E-state index in [0.717, 1.165) is 6.54 Å². The maximum Gasteiger partial charge on any atom is 0.237 e. The van der Waals surface area contributed by atoms with Gasteiger partial charge in [-0.05, 0) is 18.4 Å². The monoisotopic (exact) mass is 224 g/mol. The Hall–Kier alpha value is -1.13. The predicted molar refractivity (Wildman–Crippen MR) is 63.8 cm³/mol. The zero-order chi connectivity index (χ0) is 11.1. The molecule has 1 atom stereocenters. The van der Waals surface area contributed by atoms with Crippen molar-refractivity contribution >= 4 is 17.2 Å². The lowest BCUT2D eigenvalue weighted by molar-refractivity contribution is -0.122. The Kier molecular flexibility index (Phi) is 5.07. The van der Waals surface area contributed by atoms with Crippen LogP contribution in [0.4, 0.5) is 0 Å². The Morgan fingerprint density at radius 2 is 2.53 bits per heavy atom. The Morgan fingerprint density at radius 3 is 3.13 bits per heavy atom. The van der Waals surface area contributed by atoms with E-state index in [-0.39, 0.29) is 11.9 Å². The van der Waals surface area contributed by atoms with Gasteiger partial charge in [-0.15, -0.1) is 17.9 Å². The highest BCUT2D eigenvalue weighted by molar-refractivity contribution is 7.09. The van der Waals surface area contributed by atoms with Crippen molar-refractivity contribution in [3.63, 3.8) is 0 Å². The normalized spacial score (nSPS) is 12.1.